The Balaban J connectivity index is 2.93. The summed E-state index contributed by atoms with van der Waals surface area (Å²) in [5.74, 6) is -0.618. The molecule has 0 radical (unpaired) electrons. The normalized spacial score (nSPS) is 35.1. The molecule has 0 bridgehead atoms. The number of esters is 1. The zero-order chi connectivity index (χ0) is 11.9. The number of rotatable bonds is 3. The molecular weight excluding hydrogens is 243 g/mol. The van der Waals surface area contributed by atoms with Gasteiger partial charge in [-0.25, -0.2) is 0 Å². The van der Waals surface area contributed by atoms with Gasteiger partial charge in [0.1, 0.15) is 0 Å². The van der Waals surface area contributed by atoms with E-state index in [9.17, 15) is 14.4 Å². The molecule has 0 spiro atoms. The van der Waals surface area contributed by atoms with Gasteiger partial charge in [-0.05, 0) is 37.0 Å². The number of halogens is 2. The molecule has 0 N–H and O–H groups in total. The average Bonchev–Trinajstić information content (AvgIpc) is 2.21. The Morgan fingerprint density at radius 3 is 2.27 bits per heavy atom. The largest absolute Gasteiger partial charge is 0.449 e. The maximum Gasteiger partial charge on any atom is 0.313 e. The minimum absolute atomic E-state index is 0.0691. The van der Waals surface area contributed by atoms with Crippen LogP contribution in [0.5, 0.6) is 0 Å². The van der Waals surface area contributed by atoms with Gasteiger partial charge in [-0.3, -0.25) is 14.4 Å². The number of hydrogen-bond donors (Lipinski definition) is 0. The molecule has 0 aromatic carbocycles. The van der Waals surface area contributed by atoms with Gasteiger partial charge in [-0.2, -0.15) is 0 Å². The summed E-state index contributed by atoms with van der Waals surface area (Å²) in [4.78, 5) is 33.3. The van der Waals surface area contributed by atoms with Gasteiger partial charge in [-0.1, -0.05) is 0 Å². The minimum atomic E-state index is -1.35. The summed E-state index contributed by atoms with van der Waals surface area (Å²) < 4.78 is 4.90. The number of carbonyl (C=O) groups is 3. The molecule has 1 aliphatic rings. The highest BCUT2D eigenvalue weighted by molar-refractivity contribution is 6.65. The zero-order valence-electron chi connectivity index (χ0n) is 8.30. The van der Waals surface area contributed by atoms with E-state index in [0.717, 1.165) is 0 Å². The number of hydrogen-bond acceptors (Lipinski definition) is 4. The maximum absolute atomic E-state index is 11.5. The van der Waals surface area contributed by atoms with Crippen molar-refractivity contribution >= 4 is 39.7 Å². The molecule has 1 aliphatic heterocycles. The lowest BCUT2D eigenvalue weighted by molar-refractivity contribution is -0.156. The van der Waals surface area contributed by atoms with Crippen molar-refractivity contribution in [2.24, 2.45) is 5.41 Å². The molecule has 2 atom stereocenters. The Morgan fingerprint density at radius 2 is 1.93 bits per heavy atom. The van der Waals surface area contributed by atoms with Crippen LogP contribution in [-0.4, -0.2) is 22.1 Å². The van der Waals surface area contributed by atoms with E-state index in [1.54, 1.807) is 0 Å². The molecule has 0 saturated carbocycles. The Labute approximate surface area is 96.9 Å². The topological polar surface area (TPSA) is 60.4 Å². The minimum Gasteiger partial charge on any atom is -0.449 e. The molecule has 0 amide bonds. The molecule has 1 saturated heterocycles. The third-order valence-electron chi connectivity index (χ3n) is 2.48. The molecule has 0 aromatic heterocycles. The van der Waals surface area contributed by atoms with Gasteiger partial charge in [0.25, 0.3) is 5.24 Å². The van der Waals surface area contributed by atoms with Crippen LogP contribution in [0.25, 0.3) is 0 Å². The lowest BCUT2D eigenvalue weighted by Crippen LogP contribution is -2.32. The smallest absolute Gasteiger partial charge is 0.313 e. The Kier molecular flexibility index (Phi) is 3.12. The highest BCUT2D eigenvalue weighted by Crippen LogP contribution is 2.44. The van der Waals surface area contributed by atoms with Gasteiger partial charge >= 0.3 is 5.97 Å². The van der Waals surface area contributed by atoms with Crippen molar-refractivity contribution in [2.45, 2.75) is 32.3 Å². The molecule has 1 fully saturated rings. The van der Waals surface area contributed by atoms with E-state index < -0.39 is 27.5 Å². The number of carbonyl (C=O) groups excluding carboxylic acids is 3. The van der Waals surface area contributed by atoms with Crippen LogP contribution in [0.15, 0.2) is 0 Å². The standard InChI is InChI=1S/C9H10Cl2O4/c1-8(3-5(10)12)4-9(2,6(11)13)15-7(8)14/h3-4H2,1-2H3/t8-,9-/m0/s1. The zero-order valence-corrected chi connectivity index (χ0v) is 9.81. The Hall–Kier alpha value is -0.610. The highest BCUT2D eigenvalue weighted by atomic mass is 35.5. The lowest BCUT2D eigenvalue weighted by Gasteiger charge is -2.18. The predicted molar refractivity (Wildman–Crippen MR) is 53.6 cm³/mol. The van der Waals surface area contributed by atoms with Crippen LogP contribution in [0.1, 0.15) is 26.7 Å². The van der Waals surface area contributed by atoms with E-state index in [2.05, 4.69) is 0 Å². The van der Waals surface area contributed by atoms with Crippen molar-refractivity contribution in [1.29, 1.82) is 0 Å². The summed E-state index contributed by atoms with van der Waals surface area (Å²) in [6, 6.07) is 0. The quantitative estimate of drug-likeness (QED) is 0.566. The summed E-state index contributed by atoms with van der Waals surface area (Å²) in [6.45, 7) is 2.95. The lowest BCUT2D eigenvalue weighted by atomic mass is 9.81. The summed E-state index contributed by atoms with van der Waals surface area (Å²) in [5, 5.41) is -1.39. The van der Waals surface area contributed by atoms with E-state index in [1.807, 2.05) is 0 Å². The summed E-state index contributed by atoms with van der Waals surface area (Å²) in [7, 11) is 0. The average molecular weight is 253 g/mol. The molecule has 0 unspecified atom stereocenters. The molecule has 84 valence electrons. The second-order valence-electron chi connectivity index (χ2n) is 4.16. The molecule has 0 aromatic rings. The molecule has 1 heterocycles. The molecule has 4 nitrogen and oxygen atoms in total. The SMILES string of the molecule is C[C@]1(CC(=O)Cl)C[C@@](C)(C(=O)Cl)OC1=O. The van der Waals surface area contributed by atoms with Crippen molar-refractivity contribution < 1.29 is 19.1 Å². The Bertz CT molecular complexity index is 341. The molecule has 6 heteroatoms. The van der Waals surface area contributed by atoms with E-state index in [1.165, 1.54) is 13.8 Å². The van der Waals surface area contributed by atoms with Crippen LogP contribution in [0.3, 0.4) is 0 Å². The van der Waals surface area contributed by atoms with E-state index >= 15 is 0 Å². The molecule has 15 heavy (non-hydrogen) atoms. The maximum atomic E-state index is 11.5. The third-order valence-corrected chi connectivity index (χ3v) is 3.02. The van der Waals surface area contributed by atoms with Crippen LogP contribution < -0.4 is 0 Å². The van der Waals surface area contributed by atoms with Gasteiger partial charge in [-0.15, -0.1) is 0 Å². The fraction of sp³-hybridized carbons (Fsp3) is 0.667. The van der Waals surface area contributed by atoms with Crippen molar-refractivity contribution in [2.75, 3.05) is 0 Å². The summed E-state index contributed by atoms with van der Waals surface area (Å²) >= 11 is 10.5. The fourth-order valence-electron chi connectivity index (χ4n) is 1.73. The first-order valence-electron chi connectivity index (χ1n) is 4.31. The van der Waals surface area contributed by atoms with Crippen LogP contribution in [0.2, 0.25) is 0 Å². The molecule has 1 rings (SSSR count). The first kappa shape index (κ1) is 12.5. The van der Waals surface area contributed by atoms with E-state index in [4.69, 9.17) is 27.9 Å². The van der Waals surface area contributed by atoms with Crippen LogP contribution in [0, 0.1) is 5.41 Å². The van der Waals surface area contributed by atoms with E-state index in [0.29, 0.717) is 0 Å². The van der Waals surface area contributed by atoms with Gasteiger partial charge in [0.15, 0.2) is 5.60 Å². The van der Waals surface area contributed by atoms with Crippen LogP contribution >= 0.6 is 23.2 Å². The van der Waals surface area contributed by atoms with Crippen molar-refractivity contribution in [1.82, 2.24) is 0 Å². The van der Waals surface area contributed by atoms with Crippen molar-refractivity contribution in [3.8, 4) is 0 Å². The van der Waals surface area contributed by atoms with Crippen molar-refractivity contribution in [3.63, 3.8) is 0 Å². The second kappa shape index (κ2) is 3.76. The summed E-state index contributed by atoms with van der Waals surface area (Å²) in [5.41, 5.74) is -2.40. The van der Waals surface area contributed by atoms with Gasteiger partial charge in [0.05, 0.1) is 5.41 Å². The van der Waals surface area contributed by atoms with Crippen molar-refractivity contribution in [3.05, 3.63) is 0 Å². The highest BCUT2D eigenvalue weighted by Gasteiger charge is 2.55. The number of cyclic esters (lactones) is 1. The first-order chi connectivity index (χ1) is 6.69. The van der Waals surface area contributed by atoms with E-state index in [-0.39, 0.29) is 12.8 Å². The Morgan fingerprint density at radius 1 is 1.40 bits per heavy atom. The molecule has 0 aliphatic carbocycles. The fourth-order valence-corrected chi connectivity index (χ4v) is 2.13. The van der Waals surface area contributed by atoms with Gasteiger partial charge in [0.2, 0.25) is 5.24 Å². The monoisotopic (exact) mass is 252 g/mol. The van der Waals surface area contributed by atoms with Crippen LogP contribution in [0.4, 0.5) is 0 Å². The summed E-state index contributed by atoms with van der Waals surface area (Å²) in [6.07, 6.45) is -0.0905. The first-order valence-corrected chi connectivity index (χ1v) is 5.07. The van der Waals surface area contributed by atoms with Gasteiger partial charge < -0.3 is 4.74 Å². The van der Waals surface area contributed by atoms with Crippen LogP contribution in [-0.2, 0) is 19.1 Å². The number of ether oxygens (including phenoxy) is 1. The third kappa shape index (κ3) is 2.32. The van der Waals surface area contributed by atoms with Gasteiger partial charge in [0, 0.05) is 12.8 Å². The second-order valence-corrected chi connectivity index (χ2v) is 4.93. The predicted octanol–water partition coefficient (Wildman–Crippen LogP) is 1.62. The molecular formula is C9H10Cl2O4.